The van der Waals surface area contributed by atoms with Gasteiger partial charge in [0, 0.05) is 20.5 Å². The Kier molecular flexibility index (Phi) is 3.00. The summed E-state index contributed by atoms with van der Waals surface area (Å²) < 4.78 is 0. The zero-order valence-electron chi connectivity index (χ0n) is 10.1. The van der Waals surface area contributed by atoms with Gasteiger partial charge in [-0.2, -0.15) is 0 Å². The predicted molar refractivity (Wildman–Crippen MR) is 82.5 cm³/mol. The van der Waals surface area contributed by atoms with Crippen LogP contribution in [0.5, 0.6) is 0 Å². The number of hydrogen-bond acceptors (Lipinski definition) is 3. The van der Waals surface area contributed by atoms with Crippen LogP contribution in [-0.4, -0.2) is 0 Å². The van der Waals surface area contributed by atoms with Crippen LogP contribution in [0.4, 0.5) is 5.69 Å². The molecule has 92 valence electrons. The van der Waals surface area contributed by atoms with E-state index in [4.69, 9.17) is 17.3 Å². The van der Waals surface area contributed by atoms with Gasteiger partial charge >= 0.3 is 0 Å². The van der Waals surface area contributed by atoms with Crippen molar-refractivity contribution in [1.29, 1.82) is 0 Å². The first-order chi connectivity index (χ1) is 8.56. The van der Waals surface area contributed by atoms with Gasteiger partial charge in [-0.25, -0.2) is 0 Å². The van der Waals surface area contributed by atoms with E-state index in [1.54, 1.807) is 21.6 Å². The van der Waals surface area contributed by atoms with Gasteiger partial charge in [0.15, 0.2) is 0 Å². The van der Waals surface area contributed by atoms with E-state index in [-0.39, 0.29) is 0 Å². The average molecular weight is 294 g/mol. The smallest absolute Gasteiger partial charge is 0.0442 e. The van der Waals surface area contributed by atoms with E-state index in [0.29, 0.717) is 0 Å². The fourth-order valence-electron chi connectivity index (χ4n) is 2.00. The number of benzene rings is 2. The highest BCUT2D eigenvalue weighted by molar-refractivity contribution is 8.76. The van der Waals surface area contributed by atoms with E-state index in [0.717, 1.165) is 21.8 Å². The summed E-state index contributed by atoms with van der Waals surface area (Å²) in [5.74, 6) is 0. The maximum Gasteiger partial charge on any atom is 0.0442 e. The lowest BCUT2D eigenvalue weighted by Gasteiger charge is -2.20. The molecular weight excluding hydrogens is 282 g/mol. The topological polar surface area (TPSA) is 26.0 Å². The number of nitrogen functional groups attached to an aromatic ring is 1. The summed E-state index contributed by atoms with van der Waals surface area (Å²) in [6.07, 6.45) is 0. The third kappa shape index (κ3) is 1.91. The van der Waals surface area contributed by atoms with Gasteiger partial charge in [0.05, 0.1) is 0 Å². The van der Waals surface area contributed by atoms with Crippen LogP contribution in [0.25, 0.3) is 11.1 Å². The quantitative estimate of drug-likeness (QED) is 0.526. The van der Waals surface area contributed by atoms with Crippen molar-refractivity contribution in [2.75, 3.05) is 5.73 Å². The van der Waals surface area contributed by atoms with Crippen molar-refractivity contribution in [1.82, 2.24) is 0 Å². The van der Waals surface area contributed by atoms with Gasteiger partial charge in [-0.05, 0) is 60.4 Å². The van der Waals surface area contributed by atoms with E-state index in [2.05, 4.69) is 18.2 Å². The highest BCUT2D eigenvalue weighted by Gasteiger charge is 2.19. The van der Waals surface area contributed by atoms with E-state index in [9.17, 15) is 0 Å². The Bertz CT molecular complexity index is 595. The molecule has 2 aromatic carbocycles. The maximum atomic E-state index is 6.24. The van der Waals surface area contributed by atoms with Crippen LogP contribution >= 0.6 is 33.2 Å². The molecule has 0 radical (unpaired) electrons. The van der Waals surface area contributed by atoms with Crippen LogP contribution in [0, 0.1) is 13.8 Å². The third-order valence-corrected chi connectivity index (χ3v) is 5.99. The van der Waals surface area contributed by atoms with Crippen molar-refractivity contribution in [2.24, 2.45) is 0 Å². The van der Waals surface area contributed by atoms with E-state index >= 15 is 0 Å². The minimum atomic E-state index is 0.811. The normalized spacial score (nSPS) is 13.1. The van der Waals surface area contributed by atoms with Crippen molar-refractivity contribution in [2.45, 2.75) is 23.6 Å². The Morgan fingerprint density at radius 2 is 1.44 bits per heavy atom. The molecule has 1 aliphatic heterocycles. The molecule has 1 nitrogen and oxygen atoms in total. The molecule has 0 bridgehead atoms. The van der Waals surface area contributed by atoms with Crippen molar-refractivity contribution in [3.63, 3.8) is 0 Å². The van der Waals surface area contributed by atoms with Gasteiger partial charge in [0.2, 0.25) is 0 Å². The SMILES string of the molecule is Cc1cc2c(cc1N)-c1cc(Cl)c(C)cc1SS2. The fourth-order valence-corrected chi connectivity index (χ4v) is 4.68. The number of aryl methyl sites for hydroxylation is 2. The Hall–Kier alpha value is -0.770. The molecule has 0 atom stereocenters. The van der Waals surface area contributed by atoms with Gasteiger partial charge in [0.25, 0.3) is 0 Å². The number of hydrogen-bond donors (Lipinski definition) is 1. The van der Waals surface area contributed by atoms with Crippen molar-refractivity contribution < 1.29 is 0 Å². The highest BCUT2D eigenvalue weighted by atomic mass is 35.5. The van der Waals surface area contributed by atoms with E-state index in [1.807, 2.05) is 19.9 Å². The molecule has 0 saturated heterocycles. The van der Waals surface area contributed by atoms with Crippen LogP contribution in [0.15, 0.2) is 34.1 Å². The average Bonchev–Trinajstić information content (AvgIpc) is 2.33. The molecule has 2 N–H and O–H groups in total. The molecule has 1 aliphatic rings. The molecule has 0 spiro atoms. The number of rotatable bonds is 0. The van der Waals surface area contributed by atoms with Gasteiger partial charge < -0.3 is 5.73 Å². The first-order valence-corrected chi connectivity index (χ1v) is 8.14. The van der Waals surface area contributed by atoms with E-state index < -0.39 is 0 Å². The first kappa shape index (κ1) is 12.3. The zero-order valence-corrected chi connectivity index (χ0v) is 12.5. The van der Waals surface area contributed by atoms with Crippen LogP contribution < -0.4 is 5.73 Å². The second-order valence-corrected chi connectivity index (χ2v) is 7.09. The van der Waals surface area contributed by atoms with Crippen LogP contribution in [0.1, 0.15) is 11.1 Å². The molecule has 1 heterocycles. The minimum absolute atomic E-state index is 0.811. The van der Waals surface area contributed by atoms with Crippen molar-refractivity contribution >= 4 is 38.9 Å². The second kappa shape index (κ2) is 4.41. The van der Waals surface area contributed by atoms with Crippen LogP contribution in [-0.2, 0) is 0 Å². The lowest BCUT2D eigenvalue weighted by atomic mass is 10.0. The summed E-state index contributed by atoms with van der Waals surface area (Å²) in [6.45, 7) is 4.07. The van der Waals surface area contributed by atoms with Gasteiger partial charge in [-0.1, -0.05) is 33.2 Å². The molecule has 2 aromatic rings. The molecule has 0 amide bonds. The molecular formula is C14H12ClNS2. The molecule has 3 rings (SSSR count). The van der Waals surface area contributed by atoms with Crippen molar-refractivity contribution in [3.05, 3.63) is 40.4 Å². The number of anilines is 1. The Morgan fingerprint density at radius 1 is 0.889 bits per heavy atom. The standard InChI is InChI=1S/C14H12ClNS2/c1-7-3-13-9(5-11(7)15)10-6-12(16)8(2)4-14(10)18-17-13/h3-6H,16H2,1-2H3. The molecule has 0 unspecified atom stereocenters. The van der Waals surface area contributed by atoms with Gasteiger partial charge in [0.1, 0.15) is 0 Å². The lowest BCUT2D eigenvalue weighted by molar-refractivity contribution is 1.31. The molecule has 0 fully saturated rings. The van der Waals surface area contributed by atoms with E-state index in [1.165, 1.54) is 20.9 Å². The van der Waals surface area contributed by atoms with Gasteiger partial charge in [-0.15, -0.1) is 0 Å². The second-order valence-electron chi connectivity index (χ2n) is 4.47. The predicted octanol–water partition coefficient (Wildman–Crippen LogP) is 5.32. The van der Waals surface area contributed by atoms with Crippen molar-refractivity contribution in [3.8, 4) is 11.1 Å². The summed E-state index contributed by atoms with van der Waals surface area (Å²) >= 11 is 6.24. The monoisotopic (exact) mass is 293 g/mol. The van der Waals surface area contributed by atoms with Crippen LogP contribution in [0.3, 0.4) is 0 Å². The Morgan fingerprint density at radius 3 is 2.11 bits per heavy atom. The molecule has 0 aliphatic carbocycles. The zero-order chi connectivity index (χ0) is 12.9. The number of fused-ring (bicyclic) bond motifs is 3. The Balaban J connectivity index is 2.28. The summed E-state index contributed by atoms with van der Waals surface area (Å²) in [4.78, 5) is 2.52. The summed E-state index contributed by atoms with van der Waals surface area (Å²) in [7, 11) is 3.57. The molecule has 0 saturated carbocycles. The van der Waals surface area contributed by atoms with Crippen LogP contribution in [0.2, 0.25) is 5.02 Å². The third-order valence-electron chi connectivity index (χ3n) is 3.14. The minimum Gasteiger partial charge on any atom is -0.398 e. The maximum absolute atomic E-state index is 6.24. The summed E-state index contributed by atoms with van der Waals surface area (Å²) in [5.41, 5.74) is 11.5. The molecule has 0 aromatic heterocycles. The van der Waals surface area contributed by atoms with Gasteiger partial charge in [-0.3, -0.25) is 0 Å². The summed E-state index contributed by atoms with van der Waals surface area (Å²) in [5, 5.41) is 0.811. The largest absolute Gasteiger partial charge is 0.398 e. The lowest BCUT2D eigenvalue weighted by Crippen LogP contribution is -1.96. The Labute approximate surface area is 120 Å². The molecule has 18 heavy (non-hydrogen) atoms. The fraction of sp³-hybridized carbons (Fsp3) is 0.143. The number of nitrogens with two attached hydrogens (primary N) is 1. The number of halogens is 1. The molecule has 4 heteroatoms. The first-order valence-electron chi connectivity index (χ1n) is 5.61. The highest BCUT2D eigenvalue weighted by Crippen LogP contribution is 2.52. The summed E-state index contributed by atoms with van der Waals surface area (Å²) in [6, 6.07) is 8.40.